The maximum Gasteiger partial charge on any atom is 0.174 e. The van der Waals surface area contributed by atoms with E-state index in [0.717, 1.165) is 51.7 Å². The molecule has 0 aromatic carbocycles. The first-order valence-corrected chi connectivity index (χ1v) is 11.7. The average Bonchev–Trinajstić information content (AvgIpc) is 3.39. The van der Waals surface area contributed by atoms with E-state index in [1.807, 2.05) is 0 Å². The van der Waals surface area contributed by atoms with Gasteiger partial charge < -0.3 is 24.1 Å². The standard InChI is InChI=1S/C23H36O5/c1-20-6-3-16(24)13-15(20)14-22(25-9-10-26-22)19-17(20)4-7-21(2)18(19)5-8-23(21)27-11-12-28-23/h15-19,24H,3-14H2,1-2H3/t15-,16+,17+,18+,19-,20+,21+/m1/s1. The number of ether oxygens (including phenoxy) is 4. The van der Waals surface area contributed by atoms with Crippen molar-refractivity contribution >= 4 is 0 Å². The molecule has 5 nitrogen and oxygen atoms in total. The van der Waals surface area contributed by atoms with Gasteiger partial charge in [-0.2, -0.15) is 0 Å². The van der Waals surface area contributed by atoms with Crippen molar-refractivity contribution in [2.45, 2.75) is 82.9 Å². The molecule has 6 aliphatic rings. The molecule has 0 amide bonds. The van der Waals surface area contributed by atoms with Crippen LogP contribution < -0.4 is 0 Å². The number of aliphatic hydroxyl groups is 1. The number of hydrogen-bond acceptors (Lipinski definition) is 5. The van der Waals surface area contributed by atoms with Crippen LogP contribution in [0.2, 0.25) is 0 Å². The Morgan fingerprint density at radius 3 is 2.21 bits per heavy atom. The Kier molecular flexibility index (Phi) is 3.94. The summed E-state index contributed by atoms with van der Waals surface area (Å²) in [6.45, 7) is 7.80. The molecule has 2 saturated heterocycles. The molecule has 5 heteroatoms. The van der Waals surface area contributed by atoms with Crippen molar-refractivity contribution in [2.24, 2.45) is 34.5 Å². The van der Waals surface area contributed by atoms with Gasteiger partial charge in [0.05, 0.1) is 32.5 Å². The van der Waals surface area contributed by atoms with Crippen molar-refractivity contribution in [1.82, 2.24) is 0 Å². The molecular weight excluding hydrogens is 356 g/mol. The summed E-state index contributed by atoms with van der Waals surface area (Å²) < 4.78 is 25.6. The van der Waals surface area contributed by atoms with Crippen molar-refractivity contribution in [3.63, 3.8) is 0 Å². The van der Waals surface area contributed by atoms with Crippen molar-refractivity contribution < 1.29 is 24.1 Å². The molecule has 28 heavy (non-hydrogen) atoms. The molecule has 0 aromatic heterocycles. The molecule has 2 spiro atoms. The van der Waals surface area contributed by atoms with Crippen molar-refractivity contribution in [2.75, 3.05) is 26.4 Å². The molecule has 1 N–H and O–H groups in total. The van der Waals surface area contributed by atoms with Gasteiger partial charge in [-0.25, -0.2) is 0 Å². The van der Waals surface area contributed by atoms with Gasteiger partial charge in [0.15, 0.2) is 11.6 Å². The highest BCUT2D eigenvalue weighted by molar-refractivity contribution is 5.16. The third kappa shape index (κ3) is 2.16. The molecule has 0 unspecified atom stereocenters. The Morgan fingerprint density at radius 1 is 0.786 bits per heavy atom. The van der Waals surface area contributed by atoms with Crippen LogP contribution in [0, 0.1) is 34.5 Å². The zero-order valence-corrected chi connectivity index (χ0v) is 17.5. The van der Waals surface area contributed by atoms with Crippen molar-refractivity contribution in [3.8, 4) is 0 Å². The Balaban J connectivity index is 1.43. The van der Waals surface area contributed by atoms with Crippen LogP contribution in [0.3, 0.4) is 0 Å². The van der Waals surface area contributed by atoms with Gasteiger partial charge in [-0.3, -0.25) is 0 Å². The van der Waals surface area contributed by atoms with Crippen LogP contribution in [0.15, 0.2) is 0 Å². The van der Waals surface area contributed by atoms with Crippen LogP contribution in [0.5, 0.6) is 0 Å². The van der Waals surface area contributed by atoms with Gasteiger partial charge in [0.25, 0.3) is 0 Å². The van der Waals surface area contributed by atoms with E-state index in [1.165, 1.54) is 12.8 Å². The van der Waals surface area contributed by atoms with Crippen LogP contribution in [-0.2, 0) is 18.9 Å². The van der Waals surface area contributed by atoms with Gasteiger partial charge in [-0.1, -0.05) is 13.8 Å². The number of fused-ring (bicyclic) bond motifs is 7. The van der Waals surface area contributed by atoms with Gasteiger partial charge in [-0.15, -0.1) is 0 Å². The van der Waals surface area contributed by atoms with Gasteiger partial charge in [0.1, 0.15) is 0 Å². The Bertz CT molecular complexity index is 639. The lowest BCUT2D eigenvalue weighted by Gasteiger charge is -2.65. The smallest absolute Gasteiger partial charge is 0.174 e. The van der Waals surface area contributed by atoms with E-state index < -0.39 is 5.79 Å². The van der Waals surface area contributed by atoms with E-state index in [1.54, 1.807) is 0 Å². The molecule has 0 aromatic rings. The molecular formula is C23H36O5. The molecule has 4 aliphatic carbocycles. The minimum Gasteiger partial charge on any atom is -0.393 e. The summed E-state index contributed by atoms with van der Waals surface area (Å²) in [4.78, 5) is 0. The van der Waals surface area contributed by atoms with Crippen LogP contribution in [0.25, 0.3) is 0 Å². The highest BCUT2D eigenvalue weighted by atomic mass is 16.7. The fourth-order valence-electron chi connectivity index (χ4n) is 8.84. The molecule has 0 bridgehead atoms. The highest BCUT2D eigenvalue weighted by Crippen LogP contribution is 2.72. The first kappa shape index (κ1) is 18.6. The largest absolute Gasteiger partial charge is 0.393 e. The lowest BCUT2D eigenvalue weighted by Crippen LogP contribution is -2.65. The summed E-state index contributed by atoms with van der Waals surface area (Å²) in [5.74, 6) is 1.19. The summed E-state index contributed by atoms with van der Waals surface area (Å²) >= 11 is 0. The Morgan fingerprint density at radius 2 is 1.46 bits per heavy atom. The van der Waals surface area contributed by atoms with Crippen LogP contribution in [-0.4, -0.2) is 49.2 Å². The molecule has 2 aliphatic heterocycles. The third-order valence-corrected chi connectivity index (χ3v) is 10.2. The second-order valence-corrected chi connectivity index (χ2v) is 11.0. The van der Waals surface area contributed by atoms with E-state index in [-0.39, 0.29) is 17.3 Å². The lowest BCUT2D eigenvalue weighted by molar-refractivity contribution is -0.317. The molecule has 4 saturated carbocycles. The maximum absolute atomic E-state index is 10.4. The molecule has 6 rings (SSSR count). The number of aliphatic hydroxyl groups excluding tert-OH is 1. The zero-order valence-electron chi connectivity index (χ0n) is 17.5. The fourth-order valence-corrected chi connectivity index (χ4v) is 8.84. The van der Waals surface area contributed by atoms with Gasteiger partial charge in [0.2, 0.25) is 0 Å². The van der Waals surface area contributed by atoms with E-state index in [2.05, 4.69) is 13.8 Å². The fraction of sp³-hybridized carbons (Fsp3) is 1.00. The second kappa shape index (κ2) is 5.94. The molecule has 7 atom stereocenters. The average molecular weight is 393 g/mol. The minimum atomic E-state index is -0.456. The summed E-state index contributed by atoms with van der Waals surface area (Å²) in [7, 11) is 0. The number of rotatable bonds is 0. The zero-order chi connectivity index (χ0) is 19.2. The predicted octanol–water partition coefficient (Wildman–Crippen LogP) is 3.49. The third-order valence-electron chi connectivity index (χ3n) is 10.2. The monoisotopic (exact) mass is 392 g/mol. The molecule has 0 radical (unpaired) electrons. The number of hydrogen-bond donors (Lipinski definition) is 1. The van der Waals surface area contributed by atoms with E-state index >= 15 is 0 Å². The first-order chi connectivity index (χ1) is 13.4. The quantitative estimate of drug-likeness (QED) is 0.684. The predicted molar refractivity (Wildman–Crippen MR) is 102 cm³/mol. The van der Waals surface area contributed by atoms with Crippen molar-refractivity contribution in [3.05, 3.63) is 0 Å². The topological polar surface area (TPSA) is 57.2 Å². The Hall–Kier alpha value is -0.200. The van der Waals surface area contributed by atoms with Crippen LogP contribution in [0.1, 0.15) is 65.2 Å². The SMILES string of the molecule is C[C@]12CC[C@H](O)C[C@@H]1CC1(OCCO1)[C@@H]1[C@@H]2CC[C@@]2(C)[C@H]1CCC21OCCO1. The van der Waals surface area contributed by atoms with Crippen LogP contribution in [0.4, 0.5) is 0 Å². The molecule has 158 valence electrons. The first-order valence-electron chi connectivity index (χ1n) is 11.7. The normalized spacial score (nSPS) is 53.9. The van der Waals surface area contributed by atoms with Crippen LogP contribution >= 0.6 is 0 Å². The molecule has 2 heterocycles. The summed E-state index contributed by atoms with van der Waals surface area (Å²) in [5.41, 5.74) is 0.337. The maximum atomic E-state index is 10.4. The van der Waals surface area contributed by atoms with Gasteiger partial charge in [-0.05, 0) is 61.7 Å². The summed E-state index contributed by atoms with van der Waals surface area (Å²) in [6.07, 6.45) is 8.30. The molecule has 6 fully saturated rings. The van der Waals surface area contributed by atoms with E-state index in [0.29, 0.717) is 42.3 Å². The minimum absolute atomic E-state index is 0.0460. The van der Waals surface area contributed by atoms with E-state index in [9.17, 15) is 5.11 Å². The highest BCUT2D eigenvalue weighted by Gasteiger charge is 2.72. The lowest BCUT2D eigenvalue weighted by atomic mass is 9.43. The summed E-state index contributed by atoms with van der Waals surface area (Å²) in [5, 5.41) is 10.4. The van der Waals surface area contributed by atoms with Gasteiger partial charge >= 0.3 is 0 Å². The summed E-state index contributed by atoms with van der Waals surface area (Å²) in [6, 6.07) is 0. The van der Waals surface area contributed by atoms with Gasteiger partial charge in [0, 0.05) is 24.2 Å². The van der Waals surface area contributed by atoms with E-state index in [4.69, 9.17) is 18.9 Å². The Labute approximate surface area is 168 Å². The second-order valence-electron chi connectivity index (χ2n) is 11.0. The van der Waals surface area contributed by atoms with Crippen molar-refractivity contribution in [1.29, 1.82) is 0 Å².